The lowest BCUT2D eigenvalue weighted by Crippen LogP contribution is -2.41. The molecule has 3 amide bonds. The fraction of sp³-hybridized carbons (Fsp3) is 0.103. The second-order valence-corrected chi connectivity index (χ2v) is 8.12. The van der Waals surface area contributed by atoms with Gasteiger partial charge in [-0.3, -0.25) is 9.69 Å². The van der Waals surface area contributed by atoms with E-state index < -0.39 is 5.82 Å². The van der Waals surface area contributed by atoms with Crippen LogP contribution in [0.1, 0.15) is 15.9 Å². The van der Waals surface area contributed by atoms with E-state index in [0.717, 1.165) is 5.56 Å². The van der Waals surface area contributed by atoms with Gasteiger partial charge < -0.3 is 15.4 Å². The minimum Gasteiger partial charge on any atom is -0.457 e. The summed E-state index contributed by atoms with van der Waals surface area (Å²) in [6.45, 7) is 2.38. The number of rotatable bonds is 8. The Kier molecular flexibility index (Phi) is 7.93. The van der Waals surface area contributed by atoms with E-state index in [9.17, 15) is 14.0 Å². The lowest BCUT2D eigenvalue weighted by Gasteiger charge is -2.24. The van der Waals surface area contributed by atoms with E-state index in [1.165, 1.54) is 29.2 Å². The van der Waals surface area contributed by atoms with Gasteiger partial charge in [-0.15, -0.1) is 0 Å². The number of hydrogen-bond donors (Lipinski definition) is 2. The van der Waals surface area contributed by atoms with Crippen LogP contribution in [0.3, 0.4) is 0 Å². The van der Waals surface area contributed by atoms with Crippen molar-refractivity contribution in [2.45, 2.75) is 6.92 Å². The van der Waals surface area contributed by atoms with Crippen molar-refractivity contribution in [2.24, 2.45) is 0 Å². The fourth-order valence-electron chi connectivity index (χ4n) is 3.48. The maximum atomic E-state index is 13.2. The Morgan fingerprint density at radius 2 is 1.44 bits per heavy atom. The average molecular weight is 484 g/mol. The van der Waals surface area contributed by atoms with E-state index in [4.69, 9.17) is 4.74 Å². The molecule has 7 heteroatoms. The van der Waals surface area contributed by atoms with Gasteiger partial charge in [0, 0.05) is 30.0 Å². The van der Waals surface area contributed by atoms with Crippen LogP contribution in [0.4, 0.5) is 20.6 Å². The van der Waals surface area contributed by atoms with Crippen LogP contribution in [0, 0.1) is 12.7 Å². The number of nitrogens with zero attached hydrogens (tertiary/aromatic N) is 1. The molecule has 0 spiro atoms. The van der Waals surface area contributed by atoms with Crippen LogP contribution < -0.4 is 20.3 Å². The molecular weight excluding hydrogens is 457 g/mol. The van der Waals surface area contributed by atoms with Gasteiger partial charge in [0.25, 0.3) is 5.91 Å². The standard InChI is InChI=1S/C29H26FN3O3/c1-21-7-13-24(14-8-21)32-29(35)33(20-19-31-28(34)22-9-11-23(30)12-10-22)25-15-17-27(18-16-25)36-26-5-3-2-4-6-26/h2-18H,19-20H2,1H3,(H,31,34)(H,32,35). The third-order valence-electron chi connectivity index (χ3n) is 5.40. The first-order chi connectivity index (χ1) is 17.5. The van der Waals surface area contributed by atoms with Crippen LogP contribution in [0.5, 0.6) is 11.5 Å². The number of nitrogens with one attached hydrogen (secondary N) is 2. The monoisotopic (exact) mass is 483 g/mol. The van der Waals surface area contributed by atoms with Crippen LogP contribution in [-0.2, 0) is 0 Å². The Morgan fingerprint density at radius 1 is 0.806 bits per heavy atom. The highest BCUT2D eigenvalue weighted by atomic mass is 19.1. The number of aryl methyl sites for hydroxylation is 1. The van der Waals surface area contributed by atoms with Crippen LogP contribution in [0.2, 0.25) is 0 Å². The highest BCUT2D eigenvalue weighted by molar-refractivity contribution is 6.02. The van der Waals surface area contributed by atoms with Crippen molar-refractivity contribution in [1.82, 2.24) is 5.32 Å². The molecule has 4 aromatic rings. The van der Waals surface area contributed by atoms with Gasteiger partial charge in [0.2, 0.25) is 0 Å². The lowest BCUT2D eigenvalue weighted by molar-refractivity contribution is 0.0954. The Bertz CT molecular complexity index is 1290. The Hall–Kier alpha value is -4.65. The molecule has 0 unspecified atom stereocenters. The van der Waals surface area contributed by atoms with E-state index >= 15 is 0 Å². The maximum Gasteiger partial charge on any atom is 0.326 e. The van der Waals surface area contributed by atoms with Gasteiger partial charge in [-0.2, -0.15) is 0 Å². The highest BCUT2D eigenvalue weighted by Gasteiger charge is 2.17. The topological polar surface area (TPSA) is 70.7 Å². The average Bonchev–Trinajstić information content (AvgIpc) is 2.89. The van der Waals surface area contributed by atoms with Gasteiger partial charge >= 0.3 is 6.03 Å². The van der Waals surface area contributed by atoms with E-state index in [2.05, 4.69) is 10.6 Å². The number of carbonyl (C=O) groups excluding carboxylic acids is 2. The smallest absolute Gasteiger partial charge is 0.326 e. The van der Waals surface area contributed by atoms with Crippen molar-refractivity contribution >= 4 is 23.3 Å². The Labute approximate surface area is 209 Å². The van der Waals surface area contributed by atoms with Crippen LogP contribution in [0.15, 0.2) is 103 Å². The van der Waals surface area contributed by atoms with Gasteiger partial charge in [0.05, 0.1) is 0 Å². The van der Waals surface area contributed by atoms with E-state index in [0.29, 0.717) is 28.4 Å². The minimum atomic E-state index is -0.412. The molecule has 0 aromatic heterocycles. The highest BCUT2D eigenvalue weighted by Crippen LogP contribution is 2.25. The number of para-hydroxylation sites is 1. The normalized spacial score (nSPS) is 10.4. The summed E-state index contributed by atoms with van der Waals surface area (Å²) in [5.74, 6) is 0.585. The van der Waals surface area contributed by atoms with Crippen molar-refractivity contribution < 1.29 is 18.7 Å². The molecule has 0 radical (unpaired) electrons. The SMILES string of the molecule is Cc1ccc(NC(=O)N(CCNC(=O)c2ccc(F)cc2)c2ccc(Oc3ccccc3)cc2)cc1. The molecule has 0 fully saturated rings. The van der Waals surface area contributed by atoms with Crippen LogP contribution in [0.25, 0.3) is 0 Å². The largest absolute Gasteiger partial charge is 0.457 e. The molecule has 0 aliphatic carbocycles. The van der Waals surface area contributed by atoms with Gasteiger partial charge in [-0.25, -0.2) is 9.18 Å². The molecule has 4 aromatic carbocycles. The minimum absolute atomic E-state index is 0.194. The molecule has 0 aliphatic rings. The van der Waals surface area contributed by atoms with Crippen molar-refractivity contribution in [3.63, 3.8) is 0 Å². The second-order valence-electron chi connectivity index (χ2n) is 8.12. The zero-order chi connectivity index (χ0) is 25.3. The third-order valence-corrected chi connectivity index (χ3v) is 5.40. The molecule has 4 rings (SSSR count). The number of amides is 3. The first-order valence-corrected chi connectivity index (χ1v) is 11.5. The summed E-state index contributed by atoms with van der Waals surface area (Å²) in [5, 5.41) is 5.68. The number of halogens is 1. The van der Waals surface area contributed by atoms with Crippen molar-refractivity contribution in [3.05, 3.63) is 120 Å². The molecule has 0 aliphatic heterocycles. The van der Waals surface area contributed by atoms with Crippen molar-refractivity contribution in [3.8, 4) is 11.5 Å². The van der Waals surface area contributed by atoms with E-state index in [1.54, 1.807) is 24.3 Å². The number of carbonyl (C=O) groups is 2. The molecule has 0 bridgehead atoms. The summed E-state index contributed by atoms with van der Waals surface area (Å²) in [6, 6.07) is 29.0. The van der Waals surface area contributed by atoms with Gasteiger partial charge in [-0.1, -0.05) is 35.9 Å². The molecule has 182 valence electrons. The van der Waals surface area contributed by atoms with Gasteiger partial charge in [0.1, 0.15) is 17.3 Å². The lowest BCUT2D eigenvalue weighted by atomic mass is 10.2. The summed E-state index contributed by atoms with van der Waals surface area (Å²) in [6.07, 6.45) is 0. The number of anilines is 2. The van der Waals surface area contributed by atoms with Crippen molar-refractivity contribution in [1.29, 1.82) is 0 Å². The summed E-state index contributed by atoms with van der Waals surface area (Å²) in [7, 11) is 0. The second kappa shape index (κ2) is 11.7. The van der Waals surface area contributed by atoms with E-state index in [-0.39, 0.29) is 25.0 Å². The van der Waals surface area contributed by atoms with E-state index in [1.807, 2.05) is 61.5 Å². The molecule has 0 saturated heterocycles. The van der Waals surface area contributed by atoms with Gasteiger partial charge in [-0.05, 0) is 79.7 Å². The molecule has 2 N–H and O–H groups in total. The number of ether oxygens (including phenoxy) is 1. The summed E-state index contributed by atoms with van der Waals surface area (Å²) in [4.78, 5) is 27.1. The first kappa shape index (κ1) is 24.5. The molecule has 0 saturated carbocycles. The Morgan fingerprint density at radius 3 is 2.11 bits per heavy atom. The third kappa shape index (κ3) is 6.70. The number of urea groups is 1. The predicted molar refractivity (Wildman–Crippen MR) is 139 cm³/mol. The summed E-state index contributed by atoms with van der Waals surface area (Å²) >= 11 is 0. The van der Waals surface area contributed by atoms with Crippen molar-refractivity contribution in [2.75, 3.05) is 23.3 Å². The Balaban J connectivity index is 1.46. The number of benzene rings is 4. The summed E-state index contributed by atoms with van der Waals surface area (Å²) < 4.78 is 19.0. The van der Waals surface area contributed by atoms with Gasteiger partial charge in [0.15, 0.2) is 0 Å². The molecule has 0 atom stereocenters. The quantitative estimate of drug-likeness (QED) is 0.305. The molecule has 36 heavy (non-hydrogen) atoms. The number of hydrogen-bond acceptors (Lipinski definition) is 3. The first-order valence-electron chi connectivity index (χ1n) is 11.5. The molecule has 6 nitrogen and oxygen atoms in total. The summed E-state index contributed by atoms with van der Waals surface area (Å²) in [5.41, 5.74) is 2.72. The zero-order valence-electron chi connectivity index (χ0n) is 19.8. The zero-order valence-corrected chi connectivity index (χ0v) is 19.8. The molecule has 0 heterocycles. The van der Waals surface area contributed by atoms with Crippen LogP contribution in [-0.4, -0.2) is 25.0 Å². The fourth-order valence-corrected chi connectivity index (χ4v) is 3.48. The van der Waals surface area contributed by atoms with Crippen LogP contribution >= 0.6 is 0 Å². The predicted octanol–water partition coefficient (Wildman–Crippen LogP) is 6.39. The molecular formula is C29H26FN3O3. The maximum absolute atomic E-state index is 13.2.